The summed E-state index contributed by atoms with van der Waals surface area (Å²) < 4.78 is 0. The molecule has 0 spiro atoms. The predicted octanol–water partition coefficient (Wildman–Crippen LogP) is 0.0550. The van der Waals surface area contributed by atoms with E-state index >= 15 is 0 Å². The molecule has 3 amide bonds. The molecule has 6 nitrogen and oxygen atoms in total. The second-order valence-electron chi connectivity index (χ2n) is 4.74. The molecule has 19 heavy (non-hydrogen) atoms. The van der Waals surface area contributed by atoms with E-state index in [1.165, 1.54) is 4.90 Å². The van der Waals surface area contributed by atoms with Crippen LogP contribution in [0.1, 0.15) is 23.3 Å². The molecule has 2 aliphatic heterocycles. The first kappa shape index (κ1) is 11.8. The van der Waals surface area contributed by atoms with E-state index in [2.05, 4.69) is 4.98 Å². The van der Waals surface area contributed by atoms with E-state index in [1.807, 2.05) is 0 Å². The number of hydrogen-bond acceptors (Lipinski definition) is 4. The van der Waals surface area contributed by atoms with E-state index in [4.69, 9.17) is 0 Å². The third kappa shape index (κ3) is 1.99. The summed E-state index contributed by atoms with van der Waals surface area (Å²) >= 11 is 0. The van der Waals surface area contributed by atoms with Crippen LogP contribution in [0, 0.1) is 0 Å². The second kappa shape index (κ2) is 4.46. The molecule has 1 aromatic heterocycles. The Labute approximate surface area is 110 Å². The number of aromatic nitrogens is 1. The van der Waals surface area contributed by atoms with Gasteiger partial charge in [0.05, 0.1) is 6.04 Å². The normalized spacial score (nSPS) is 19.8. The van der Waals surface area contributed by atoms with Crippen molar-refractivity contribution in [1.82, 2.24) is 14.8 Å². The Balaban J connectivity index is 1.63. The van der Waals surface area contributed by atoms with Crippen LogP contribution in [0.3, 0.4) is 0 Å². The molecule has 0 aliphatic carbocycles. The first-order chi connectivity index (χ1) is 9.16. The van der Waals surface area contributed by atoms with E-state index < -0.39 is 0 Å². The molecule has 3 heterocycles. The summed E-state index contributed by atoms with van der Waals surface area (Å²) in [6.07, 6.45) is 2.16. The molecule has 0 saturated carbocycles. The third-order valence-corrected chi connectivity index (χ3v) is 3.49. The van der Waals surface area contributed by atoms with Gasteiger partial charge < -0.3 is 4.90 Å². The maximum Gasteiger partial charge on any atom is 0.272 e. The lowest BCUT2D eigenvalue weighted by Gasteiger charge is -2.42. The summed E-state index contributed by atoms with van der Waals surface area (Å²) in [5.74, 6) is -0.407. The van der Waals surface area contributed by atoms with Crippen molar-refractivity contribution in [3.63, 3.8) is 0 Å². The van der Waals surface area contributed by atoms with Gasteiger partial charge in [0.25, 0.3) is 5.91 Å². The van der Waals surface area contributed by atoms with Gasteiger partial charge in [0.2, 0.25) is 11.8 Å². The van der Waals surface area contributed by atoms with Crippen LogP contribution in [0.5, 0.6) is 0 Å². The van der Waals surface area contributed by atoms with Gasteiger partial charge in [-0.05, 0) is 12.1 Å². The number of hydrogen-bond donors (Lipinski definition) is 0. The number of amides is 3. The van der Waals surface area contributed by atoms with E-state index in [9.17, 15) is 14.4 Å². The topological polar surface area (TPSA) is 70.6 Å². The van der Waals surface area contributed by atoms with E-state index in [0.29, 0.717) is 31.6 Å². The third-order valence-electron chi connectivity index (χ3n) is 3.49. The van der Waals surface area contributed by atoms with Gasteiger partial charge in [-0.25, -0.2) is 0 Å². The molecule has 1 aromatic rings. The molecular weight excluding hydrogens is 246 g/mol. The largest absolute Gasteiger partial charge is 0.333 e. The first-order valence-electron chi connectivity index (χ1n) is 6.22. The number of likely N-dealkylation sites (tertiary alicyclic amines) is 2. The van der Waals surface area contributed by atoms with Crippen molar-refractivity contribution in [2.45, 2.75) is 18.9 Å². The van der Waals surface area contributed by atoms with Crippen LogP contribution >= 0.6 is 0 Å². The van der Waals surface area contributed by atoms with Crippen molar-refractivity contribution in [3.05, 3.63) is 30.1 Å². The number of pyridine rings is 1. The zero-order valence-corrected chi connectivity index (χ0v) is 10.3. The highest BCUT2D eigenvalue weighted by molar-refractivity contribution is 6.02. The van der Waals surface area contributed by atoms with E-state index in [0.717, 1.165) is 0 Å². The van der Waals surface area contributed by atoms with E-state index in [1.54, 1.807) is 29.3 Å². The lowest BCUT2D eigenvalue weighted by atomic mass is 10.1. The lowest BCUT2D eigenvalue weighted by Crippen LogP contribution is -2.62. The molecule has 0 aromatic carbocycles. The quantitative estimate of drug-likeness (QED) is 0.704. The van der Waals surface area contributed by atoms with Gasteiger partial charge in [0.15, 0.2) is 0 Å². The highest BCUT2D eigenvalue weighted by Crippen LogP contribution is 2.23. The molecule has 0 atom stereocenters. The summed E-state index contributed by atoms with van der Waals surface area (Å²) in [4.78, 5) is 42.0. The summed E-state index contributed by atoms with van der Waals surface area (Å²) in [6, 6.07) is 5.00. The van der Waals surface area contributed by atoms with Crippen LogP contribution in [0.15, 0.2) is 24.4 Å². The number of rotatable bonds is 2. The number of carbonyl (C=O) groups is 3. The molecule has 0 bridgehead atoms. The Kier molecular flexibility index (Phi) is 2.77. The monoisotopic (exact) mass is 259 g/mol. The molecule has 3 rings (SSSR count). The Morgan fingerprint density at radius 2 is 1.84 bits per heavy atom. The minimum Gasteiger partial charge on any atom is -0.333 e. The fourth-order valence-corrected chi connectivity index (χ4v) is 2.44. The Bertz CT molecular complexity index is 521. The molecule has 6 heteroatoms. The van der Waals surface area contributed by atoms with Crippen LogP contribution in [0.2, 0.25) is 0 Å². The average molecular weight is 259 g/mol. The standard InChI is InChI=1S/C13H13N3O3/c17-11-4-5-12(18)16(11)9-7-15(8-9)13(19)10-3-1-2-6-14-10/h1-3,6,9H,4-5,7-8H2. The van der Waals surface area contributed by atoms with Crippen molar-refractivity contribution in [2.24, 2.45) is 0 Å². The van der Waals surface area contributed by atoms with Crippen LogP contribution in [-0.2, 0) is 9.59 Å². The highest BCUT2D eigenvalue weighted by atomic mass is 16.2. The summed E-state index contributed by atoms with van der Waals surface area (Å²) in [5.41, 5.74) is 0.389. The van der Waals surface area contributed by atoms with Crippen molar-refractivity contribution in [1.29, 1.82) is 0 Å². The SMILES string of the molecule is O=C(c1ccccn1)N1CC(N2C(=O)CCC2=O)C1. The van der Waals surface area contributed by atoms with Crippen molar-refractivity contribution >= 4 is 17.7 Å². The Morgan fingerprint density at radius 3 is 2.42 bits per heavy atom. The van der Waals surface area contributed by atoms with Crippen LogP contribution in [0.25, 0.3) is 0 Å². The molecule has 0 unspecified atom stereocenters. The van der Waals surface area contributed by atoms with Gasteiger partial charge >= 0.3 is 0 Å². The fraction of sp³-hybridized carbons (Fsp3) is 0.385. The van der Waals surface area contributed by atoms with Gasteiger partial charge in [-0.2, -0.15) is 0 Å². The van der Waals surface area contributed by atoms with E-state index in [-0.39, 0.29) is 23.8 Å². The van der Waals surface area contributed by atoms with Gasteiger partial charge in [0.1, 0.15) is 5.69 Å². The highest BCUT2D eigenvalue weighted by Gasteiger charge is 2.42. The first-order valence-corrected chi connectivity index (χ1v) is 6.22. The molecule has 2 fully saturated rings. The predicted molar refractivity (Wildman–Crippen MR) is 65.0 cm³/mol. The minimum atomic E-state index is -0.157. The van der Waals surface area contributed by atoms with Crippen molar-refractivity contribution in [3.8, 4) is 0 Å². The molecule has 2 saturated heterocycles. The summed E-state index contributed by atoms with van der Waals surface area (Å²) in [7, 11) is 0. The van der Waals surface area contributed by atoms with Gasteiger partial charge in [-0.15, -0.1) is 0 Å². The molecule has 0 N–H and O–H groups in total. The maximum atomic E-state index is 12.0. The number of nitrogens with zero attached hydrogens (tertiary/aromatic N) is 3. The molecular formula is C13H13N3O3. The zero-order valence-electron chi connectivity index (χ0n) is 10.3. The fourth-order valence-electron chi connectivity index (χ4n) is 2.44. The average Bonchev–Trinajstić information content (AvgIpc) is 2.70. The Hall–Kier alpha value is -2.24. The maximum absolute atomic E-state index is 12.0. The van der Waals surface area contributed by atoms with Crippen LogP contribution in [0.4, 0.5) is 0 Å². The minimum absolute atomic E-state index is 0.125. The number of carbonyl (C=O) groups excluding carboxylic acids is 3. The van der Waals surface area contributed by atoms with Crippen molar-refractivity contribution < 1.29 is 14.4 Å². The van der Waals surface area contributed by atoms with Crippen LogP contribution < -0.4 is 0 Å². The van der Waals surface area contributed by atoms with Gasteiger partial charge in [-0.3, -0.25) is 24.3 Å². The second-order valence-corrected chi connectivity index (χ2v) is 4.74. The Morgan fingerprint density at radius 1 is 1.16 bits per heavy atom. The summed E-state index contributed by atoms with van der Waals surface area (Å²) in [5, 5.41) is 0. The van der Waals surface area contributed by atoms with Crippen molar-refractivity contribution in [2.75, 3.05) is 13.1 Å². The number of imide groups is 1. The zero-order chi connectivity index (χ0) is 13.4. The smallest absolute Gasteiger partial charge is 0.272 e. The summed E-state index contributed by atoms with van der Waals surface area (Å²) in [6.45, 7) is 0.819. The van der Waals surface area contributed by atoms with Gasteiger partial charge in [-0.1, -0.05) is 6.07 Å². The lowest BCUT2D eigenvalue weighted by molar-refractivity contribution is -0.144. The molecule has 2 aliphatic rings. The molecule has 0 radical (unpaired) electrons. The van der Waals surface area contributed by atoms with Crippen LogP contribution in [-0.4, -0.2) is 51.6 Å². The molecule has 98 valence electrons. The van der Waals surface area contributed by atoms with Gasteiger partial charge in [0, 0.05) is 32.1 Å².